The Balaban J connectivity index is 0.000000263. The quantitative estimate of drug-likeness (QED) is 0.678. The summed E-state index contributed by atoms with van der Waals surface area (Å²) in [7, 11) is 0. The molecule has 4 heteroatoms. The summed E-state index contributed by atoms with van der Waals surface area (Å²) < 4.78 is 5.70. The lowest BCUT2D eigenvalue weighted by Crippen LogP contribution is -2.42. The van der Waals surface area contributed by atoms with Crippen LogP contribution in [0.1, 0.15) is 86.5 Å². The largest absolute Gasteiger partial charge is 0.394 e. The Labute approximate surface area is 161 Å². The lowest BCUT2D eigenvalue weighted by Gasteiger charge is -2.38. The van der Waals surface area contributed by atoms with E-state index in [4.69, 9.17) is 9.84 Å². The van der Waals surface area contributed by atoms with Gasteiger partial charge in [0.25, 0.3) is 0 Å². The summed E-state index contributed by atoms with van der Waals surface area (Å²) in [5, 5.41) is 28.2. The van der Waals surface area contributed by atoms with Gasteiger partial charge in [-0.1, -0.05) is 27.2 Å². The summed E-state index contributed by atoms with van der Waals surface area (Å²) in [6.45, 7) is 13.2. The maximum Gasteiger partial charge on any atom is 0.0705 e. The minimum atomic E-state index is -0.723. The molecule has 2 saturated carbocycles. The average molecular weight is 373 g/mol. The van der Waals surface area contributed by atoms with Gasteiger partial charge in [0.1, 0.15) is 0 Å². The van der Waals surface area contributed by atoms with Crippen LogP contribution in [0.2, 0.25) is 0 Å². The molecule has 2 fully saturated rings. The van der Waals surface area contributed by atoms with E-state index in [2.05, 4.69) is 27.7 Å². The fourth-order valence-electron chi connectivity index (χ4n) is 4.53. The van der Waals surface area contributed by atoms with Crippen LogP contribution in [0.3, 0.4) is 0 Å². The van der Waals surface area contributed by atoms with Gasteiger partial charge in [0, 0.05) is 5.92 Å². The summed E-state index contributed by atoms with van der Waals surface area (Å²) in [6.07, 6.45) is 7.46. The van der Waals surface area contributed by atoms with Gasteiger partial charge < -0.3 is 20.1 Å². The van der Waals surface area contributed by atoms with Crippen LogP contribution < -0.4 is 0 Å². The van der Waals surface area contributed by atoms with Crippen molar-refractivity contribution in [3.8, 4) is 0 Å². The molecule has 4 nitrogen and oxygen atoms in total. The molecule has 0 aromatic rings. The topological polar surface area (TPSA) is 69.9 Å². The molecule has 3 unspecified atom stereocenters. The molecule has 2 aliphatic carbocycles. The number of ether oxygens (including phenoxy) is 1. The number of hydrogen-bond acceptors (Lipinski definition) is 4. The van der Waals surface area contributed by atoms with Gasteiger partial charge in [-0.25, -0.2) is 0 Å². The molecule has 2 aliphatic rings. The SMILES string of the molecule is CC(C)C1CCC(C)(OCCO)CC1.CC1CCC(C(C)(C)O)C(O)C1. The van der Waals surface area contributed by atoms with Crippen molar-refractivity contribution >= 4 is 0 Å². The van der Waals surface area contributed by atoms with Crippen molar-refractivity contribution in [2.45, 2.75) is 104 Å². The molecular formula is C22H44O4. The Morgan fingerprint density at radius 3 is 2.12 bits per heavy atom. The van der Waals surface area contributed by atoms with Crippen molar-refractivity contribution in [2.75, 3.05) is 13.2 Å². The van der Waals surface area contributed by atoms with E-state index in [1.54, 1.807) is 13.8 Å². The molecule has 0 aromatic heterocycles. The zero-order chi connectivity index (χ0) is 20.0. The van der Waals surface area contributed by atoms with Crippen LogP contribution in [0.4, 0.5) is 0 Å². The molecule has 0 aliphatic heterocycles. The Morgan fingerprint density at radius 2 is 1.69 bits per heavy atom. The minimum Gasteiger partial charge on any atom is -0.394 e. The first kappa shape index (κ1) is 23.9. The van der Waals surface area contributed by atoms with Crippen LogP contribution in [0, 0.1) is 23.7 Å². The van der Waals surface area contributed by atoms with Gasteiger partial charge in [-0.15, -0.1) is 0 Å². The van der Waals surface area contributed by atoms with Gasteiger partial charge in [-0.3, -0.25) is 0 Å². The number of aliphatic hydroxyl groups is 3. The predicted molar refractivity (Wildman–Crippen MR) is 107 cm³/mol. The smallest absolute Gasteiger partial charge is 0.0705 e. The third-order valence-corrected chi connectivity index (χ3v) is 6.56. The van der Waals surface area contributed by atoms with Crippen molar-refractivity contribution < 1.29 is 20.1 Å². The fourth-order valence-corrected chi connectivity index (χ4v) is 4.53. The monoisotopic (exact) mass is 372 g/mol. The van der Waals surface area contributed by atoms with Gasteiger partial charge in [0.15, 0.2) is 0 Å². The fraction of sp³-hybridized carbons (Fsp3) is 1.00. The minimum absolute atomic E-state index is 0.0358. The Hall–Kier alpha value is -0.160. The average Bonchev–Trinajstić information content (AvgIpc) is 2.52. The molecule has 3 atom stereocenters. The summed E-state index contributed by atoms with van der Waals surface area (Å²) in [5.41, 5.74) is -0.687. The second-order valence-corrected chi connectivity index (χ2v) is 9.85. The first-order valence-electron chi connectivity index (χ1n) is 10.6. The van der Waals surface area contributed by atoms with E-state index in [-0.39, 0.29) is 24.2 Å². The Morgan fingerprint density at radius 1 is 1.12 bits per heavy atom. The van der Waals surface area contributed by atoms with Gasteiger partial charge in [-0.2, -0.15) is 0 Å². The zero-order valence-corrected chi connectivity index (χ0v) is 18.0. The van der Waals surface area contributed by atoms with Crippen LogP contribution in [-0.4, -0.2) is 45.8 Å². The molecule has 0 heterocycles. The maximum absolute atomic E-state index is 9.74. The van der Waals surface area contributed by atoms with E-state index in [1.165, 1.54) is 12.8 Å². The molecule has 3 N–H and O–H groups in total. The lowest BCUT2D eigenvalue weighted by molar-refractivity contribution is -0.0777. The number of hydrogen-bond donors (Lipinski definition) is 3. The second-order valence-electron chi connectivity index (χ2n) is 9.85. The van der Waals surface area contributed by atoms with Gasteiger partial charge >= 0.3 is 0 Å². The molecule has 156 valence electrons. The Kier molecular flexibility index (Phi) is 9.55. The van der Waals surface area contributed by atoms with E-state index in [1.807, 2.05) is 0 Å². The molecule has 0 radical (unpaired) electrons. The van der Waals surface area contributed by atoms with Gasteiger partial charge in [-0.05, 0) is 77.0 Å². The van der Waals surface area contributed by atoms with E-state index in [9.17, 15) is 10.2 Å². The van der Waals surface area contributed by atoms with E-state index in [0.29, 0.717) is 12.5 Å². The zero-order valence-electron chi connectivity index (χ0n) is 18.0. The first-order chi connectivity index (χ1) is 12.0. The highest BCUT2D eigenvalue weighted by atomic mass is 16.5. The second kappa shape index (κ2) is 10.4. The maximum atomic E-state index is 9.74. The van der Waals surface area contributed by atoms with Crippen LogP contribution in [-0.2, 0) is 4.74 Å². The standard InChI is InChI=1S/C12H24O2.C10H20O2/c1-10(2)11-4-6-12(3,7-5-11)14-9-8-13;1-7-4-5-8(9(11)6-7)10(2,3)12/h10-11,13H,4-9H2,1-3H3;7-9,11-12H,4-6H2,1-3H3. The van der Waals surface area contributed by atoms with Crippen molar-refractivity contribution in [3.05, 3.63) is 0 Å². The third-order valence-electron chi connectivity index (χ3n) is 6.56. The molecule has 0 aromatic carbocycles. The summed E-state index contributed by atoms with van der Waals surface area (Å²) in [6, 6.07) is 0. The summed E-state index contributed by atoms with van der Waals surface area (Å²) in [4.78, 5) is 0. The van der Waals surface area contributed by atoms with E-state index < -0.39 is 5.60 Å². The summed E-state index contributed by atoms with van der Waals surface area (Å²) >= 11 is 0. The number of rotatable bonds is 5. The van der Waals surface area contributed by atoms with Crippen LogP contribution >= 0.6 is 0 Å². The van der Waals surface area contributed by atoms with Crippen molar-refractivity contribution in [2.24, 2.45) is 23.7 Å². The third kappa shape index (κ3) is 7.84. The van der Waals surface area contributed by atoms with Crippen molar-refractivity contribution in [1.29, 1.82) is 0 Å². The molecule has 0 amide bonds. The molecule has 26 heavy (non-hydrogen) atoms. The molecule has 0 spiro atoms. The molecule has 0 saturated heterocycles. The van der Waals surface area contributed by atoms with Crippen LogP contribution in [0.15, 0.2) is 0 Å². The van der Waals surface area contributed by atoms with Crippen molar-refractivity contribution in [3.63, 3.8) is 0 Å². The van der Waals surface area contributed by atoms with Crippen LogP contribution in [0.5, 0.6) is 0 Å². The molecule has 0 bridgehead atoms. The van der Waals surface area contributed by atoms with E-state index >= 15 is 0 Å². The summed E-state index contributed by atoms with van der Waals surface area (Å²) in [5.74, 6) is 2.35. The highest BCUT2D eigenvalue weighted by Gasteiger charge is 2.36. The normalized spacial score (nSPS) is 35.8. The Bertz CT molecular complexity index is 380. The highest BCUT2D eigenvalue weighted by Crippen LogP contribution is 2.37. The lowest BCUT2D eigenvalue weighted by atomic mass is 9.73. The van der Waals surface area contributed by atoms with Gasteiger partial charge in [0.2, 0.25) is 0 Å². The van der Waals surface area contributed by atoms with E-state index in [0.717, 1.165) is 43.9 Å². The number of aliphatic hydroxyl groups excluding tert-OH is 2. The van der Waals surface area contributed by atoms with Crippen molar-refractivity contribution in [1.82, 2.24) is 0 Å². The molecular weight excluding hydrogens is 328 g/mol. The van der Waals surface area contributed by atoms with Crippen LogP contribution in [0.25, 0.3) is 0 Å². The molecule has 2 rings (SSSR count). The van der Waals surface area contributed by atoms with Gasteiger partial charge in [0.05, 0.1) is 30.5 Å². The predicted octanol–water partition coefficient (Wildman–Crippen LogP) is 4.15. The highest BCUT2D eigenvalue weighted by molar-refractivity contribution is 4.87. The first-order valence-corrected chi connectivity index (χ1v) is 10.6.